The lowest BCUT2D eigenvalue weighted by atomic mass is 10.2. The Kier molecular flexibility index (Phi) is 5.84. The summed E-state index contributed by atoms with van der Waals surface area (Å²) in [5.74, 6) is 0.232. The van der Waals surface area contributed by atoms with Crippen LogP contribution in [0.25, 0.3) is 22.6 Å². The first-order valence-electron chi connectivity index (χ1n) is 10.5. The van der Waals surface area contributed by atoms with Crippen LogP contribution < -0.4 is 0 Å². The number of rotatable bonds is 4. The molecule has 9 nitrogen and oxygen atoms in total. The molecular weight excluding hydrogens is 412 g/mol. The zero-order chi connectivity index (χ0) is 22.9. The quantitative estimate of drug-likeness (QED) is 0.438. The molecular formula is C23H26N4O5. The number of amides is 1. The van der Waals surface area contributed by atoms with Gasteiger partial charge >= 0.3 is 6.09 Å². The molecule has 1 aliphatic rings. The molecule has 2 heterocycles. The molecule has 1 aromatic heterocycles. The van der Waals surface area contributed by atoms with Gasteiger partial charge in [0.25, 0.3) is 5.69 Å². The number of para-hydroxylation sites is 1. The van der Waals surface area contributed by atoms with Crippen LogP contribution >= 0.6 is 0 Å². The van der Waals surface area contributed by atoms with Gasteiger partial charge in [0, 0.05) is 38.8 Å². The Morgan fingerprint density at radius 2 is 1.88 bits per heavy atom. The van der Waals surface area contributed by atoms with E-state index in [1.54, 1.807) is 23.1 Å². The summed E-state index contributed by atoms with van der Waals surface area (Å²) in [4.78, 5) is 31.5. The molecule has 0 unspecified atom stereocenters. The summed E-state index contributed by atoms with van der Waals surface area (Å²) in [7, 11) is 0. The van der Waals surface area contributed by atoms with Gasteiger partial charge in [-0.15, -0.1) is 0 Å². The van der Waals surface area contributed by atoms with Crippen molar-refractivity contribution in [1.29, 1.82) is 0 Å². The van der Waals surface area contributed by atoms with Gasteiger partial charge in [-0.05, 0) is 44.5 Å². The van der Waals surface area contributed by atoms with Gasteiger partial charge in [0.05, 0.1) is 4.92 Å². The highest BCUT2D eigenvalue weighted by Gasteiger charge is 2.26. The number of nitro benzene ring substituents is 1. The molecule has 1 fully saturated rings. The SMILES string of the molecule is CC(C)(C)OC(=O)N1CCN(Cc2ccc3nc(-c4ccccc4[N+](=O)[O-])oc3c2)CC1. The van der Waals surface area contributed by atoms with Crippen LogP contribution in [0.5, 0.6) is 0 Å². The number of hydrogen-bond donors (Lipinski definition) is 0. The maximum Gasteiger partial charge on any atom is 0.410 e. The molecule has 0 saturated carbocycles. The molecule has 0 N–H and O–H groups in total. The molecule has 3 aromatic rings. The number of carbonyl (C=O) groups is 1. The predicted molar refractivity (Wildman–Crippen MR) is 119 cm³/mol. The van der Waals surface area contributed by atoms with E-state index in [9.17, 15) is 14.9 Å². The summed E-state index contributed by atoms with van der Waals surface area (Å²) in [5, 5.41) is 11.3. The van der Waals surface area contributed by atoms with Crippen LogP contribution in [0.1, 0.15) is 26.3 Å². The molecule has 32 heavy (non-hydrogen) atoms. The fraction of sp³-hybridized carbons (Fsp3) is 0.391. The van der Waals surface area contributed by atoms with E-state index in [0.717, 1.165) is 18.7 Å². The van der Waals surface area contributed by atoms with Gasteiger partial charge in [-0.2, -0.15) is 0 Å². The van der Waals surface area contributed by atoms with E-state index >= 15 is 0 Å². The van der Waals surface area contributed by atoms with Crippen molar-refractivity contribution in [2.24, 2.45) is 0 Å². The van der Waals surface area contributed by atoms with Crippen molar-refractivity contribution in [3.8, 4) is 11.5 Å². The third-order valence-corrected chi connectivity index (χ3v) is 5.21. The minimum atomic E-state index is -0.500. The number of nitro groups is 1. The molecule has 2 aromatic carbocycles. The van der Waals surface area contributed by atoms with E-state index in [4.69, 9.17) is 9.15 Å². The monoisotopic (exact) mass is 438 g/mol. The molecule has 9 heteroatoms. The van der Waals surface area contributed by atoms with Gasteiger partial charge in [0.15, 0.2) is 5.58 Å². The first-order chi connectivity index (χ1) is 15.2. The van der Waals surface area contributed by atoms with Crippen molar-refractivity contribution in [3.63, 3.8) is 0 Å². The minimum absolute atomic E-state index is 0.0397. The number of benzene rings is 2. The summed E-state index contributed by atoms with van der Waals surface area (Å²) in [6.07, 6.45) is -0.275. The van der Waals surface area contributed by atoms with Gasteiger partial charge in [-0.1, -0.05) is 18.2 Å². The minimum Gasteiger partial charge on any atom is -0.444 e. The molecule has 0 atom stereocenters. The predicted octanol–water partition coefficient (Wildman–Crippen LogP) is 4.46. The second kappa shape index (κ2) is 8.58. The third-order valence-electron chi connectivity index (χ3n) is 5.21. The van der Waals surface area contributed by atoms with E-state index in [0.29, 0.717) is 36.3 Å². The molecule has 4 rings (SSSR count). The van der Waals surface area contributed by atoms with Crippen LogP contribution in [0.2, 0.25) is 0 Å². The largest absolute Gasteiger partial charge is 0.444 e. The van der Waals surface area contributed by atoms with Crippen molar-refractivity contribution in [1.82, 2.24) is 14.8 Å². The average molecular weight is 438 g/mol. The number of oxazole rings is 1. The van der Waals surface area contributed by atoms with Crippen molar-refractivity contribution in [3.05, 3.63) is 58.1 Å². The Balaban J connectivity index is 1.44. The lowest BCUT2D eigenvalue weighted by molar-refractivity contribution is -0.384. The van der Waals surface area contributed by atoms with Crippen molar-refractivity contribution < 1.29 is 18.9 Å². The van der Waals surface area contributed by atoms with E-state index in [1.807, 2.05) is 39.0 Å². The standard InChI is InChI=1S/C23H26N4O5/c1-23(2,3)32-22(28)26-12-10-25(11-13-26)15-16-8-9-18-20(14-16)31-21(24-18)17-6-4-5-7-19(17)27(29)30/h4-9,14H,10-13,15H2,1-3H3. The van der Waals surface area contributed by atoms with Crippen LogP contribution in [-0.2, 0) is 11.3 Å². The van der Waals surface area contributed by atoms with Gasteiger partial charge in [-0.25, -0.2) is 9.78 Å². The second-order valence-electron chi connectivity index (χ2n) is 8.84. The summed E-state index contributed by atoms with van der Waals surface area (Å²) >= 11 is 0. The smallest absolute Gasteiger partial charge is 0.410 e. The number of aromatic nitrogens is 1. The Labute approximate surface area is 185 Å². The molecule has 168 valence electrons. The molecule has 0 bridgehead atoms. The van der Waals surface area contributed by atoms with Crippen LogP contribution in [0.15, 0.2) is 46.9 Å². The van der Waals surface area contributed by atoms with E-state index in [2.05, 4.69) is 9.88 Å². The zero-order valence-corrected chi connectivity index (χ0v) is 18.4. The fourth-order valence-corrected chi connectivity index (χ4v) is 3.67. The third kappa shape index (κ3) is 4.88. The number of piperazine rings is 1. The Morgan fingerprint density at radius 1 is 1.16 bits per heavy atom. The molecule has 0 spiro atoms. The first-order valence-corrected chi connectivity index (χ1v) is 10.5. The highest BCUT2D eigenvalue weighted by atomic mass is 16.6. The van der Waals surface area contributed by atoms with E-state index < -0.39 is 10.5 Å². The first kappa shape index (κ1) is 21.8. The molecule has 1 amide bonds. The van der Waals surface area contributed by atoms with Gasteiger partial charge in [0.2, 0.25) is 5.89 Å². The topological polar surface area (TPSA) is 102 Å². The van der Waals surface area contributed by atoms with E-state index in [-0.39, 0.29) is 17.7 Å². The van der Waals surface area contributed by atoms with Crippen LogP contribution in [-0.4, -0.2) is 57.6 Å². The van der Waals surface area contributed by atoms with Gasteiger partial charge < -0.3 is 14.1 Å². The number of carbonyl (C=O) groups excluding carboxylic acids is 1. The van der Waals surface area contributed by atoms with Gasteiger partial charge in [-0.3, -0.25) is 15.0 Å². The maximum absolute atomic E-state index is 12.2. The molecule has 1 saturated heterocycles. The van der Waals surface area contributed by atoms with Crippen LogP contribution in [0, 0.1) is 10.1 Å². The zero-order valence-electron chi connectivity index (χ0n) is 18.4. The molecule has 0 radical (unpaired) electrons. The number of nitrogens with zero attached hydrogens (tertiary/aromatic N) is 4. The Hall–Kier alpha value is -3.46. The van der Waals surface area contributed by atoms with Crippen molar-refractivity contribution in [2.75, 3.05) is 26.2 Å². The molecule has 1 aliphatic heterocycles. The van der Waals surface area contributed by atoms with Gasteiger partial charge in [0.1, 0.15) is 16.7 Å². The van der Waals surface area contributed by atoms with Crippen LogP contribution in [0.4, 0.5) is 10.5 Å². The van der Waals surface area contributed by atoms with Crippen molar-refractivity contribution in [2.45, 2.75) is 32.9 Å². The number of fused-ring (bicyclic) bond motifs is 1. The lowest BCUT2D eigenvalue weighted by Gasteiger charge is -2.35. The van der Waals surface area contributed by atoms with E-state index in [1.165, 1.54) is 6.07 Å². The normalized spacial score (nSPS) is 15.2. The Morgan fingerprint density at radius 3 is 2.56 bits per heavy atom. The summed E-state index contributed by atoms with van der Waals surface area (Å²) in [5.41, 5.74) is 2.10. The summed E-state index contributed by atoms with van der Waals surface area (Å²) < 4.78 is 11.3. The summed E-state index contributed by atoms with van der Waals surface area (Å²) in [6.45, 7) is 9.01. The second-order valence-corrected chi connectivity index (χ2v) is 8.84. The highest BCUT2D eigenvalue weighted by Crippen LogP contribution is 2.31. The number of ether oxygens (including phenoxy) is 1. The maximum atomic E-state index is 12.2. The fourth-order valence-electron chi connectivity index (χ4n) is 3.67. The lowest BCUT2D eigenvalue weighted by Crippen LogP contribution is -2.49. The van der Waals surface area contributed by atoms with Crippen LogP contribution in [0.3, 0.4) is 0 Å². The number of hydrogen-bond acceptors (Lipinski definition) is 7. The highest BCUT2D eigenvalue weighted by molar-refractivity contribution is 5.79. The summed E-state index contributed by atoms with van der Waals surface area (Å²) in [6, 6.07) is 12.2. The van der Waals surface area contributed by atoms with Crippen molar-refractivity contribution >= 4 is 22.9 Å². The average Bonchev–Trinajstić information content (AvgIpc) is 3.16. The Bertz CT molecular complexity index is 1140. The molecule has 0 aliphatic carbocycles.